The molecule has 18 heavy (non-hydrogen) atoms. The van der Waals surface area contributed by atoms with Gasteiger partial charge in [-0.2, -0.15) is 0 Å². The van der Waals surface area contributed by atoms with Crippen molar-refractivity contribution in [2.24, 2.45) is 11.3 Å². The van der Waals surface area contributed by atoms with Crippen molar-refractivity contribution in [2.45, 2.75) is 46.0 Å². The zero-order chi connectivity index (χ0) is 13.3. The molecule has 2 unspecified atom stereocenters. The molecule has 0 spiro atoms. The number of rotatable bonds is 2. The van der Waals surface area contributed by atoms with E-state index in [-0.39, 0.29) is 10.6 Å². The Hall–Kier alpha value is -1.38. The van der Waals surface area contributed by atoms with Gasteiger partial charge in [0.15, 0.2) is 0 Å². The van der Waals surface area contributed by atoms with Crippen LogP contribution in [0.4, 0.5) is 5.69 Å². The zero-order valence-electron chi connectivity index (χ0n) is 11.3. The van der Waals surface area contributed by atoms with Gasteiger partial charge in [0.25, 0.3) is 5.69 Å². The molecular weight excluding hydrogens is 226 g/mol. The normalized spacial score (nSPS) is 24.2. The summed E-state index contributed by atoms with van der Waals surface area (Å²) in [4.78, 5) is 10.3. The molecule has 1 saturated carbocycles. The maximum Gasteiger partial charge on any atom is 0.269 e. The lowest BCUT2D eigenvalue weighted by Gasteiger charge is -2.27. The predicted molar refractivity (Wildman–Crippen MR) is 72.6 cm³/mol. The first-order valence-electron chi connectivity index (χ1n) is 6.62. The summed E-state index contributed by atoms with van der Waals surface area (Å²) in [5, 5.41) is 10.6. The van der Waals surface area contributed by atoms with Crippen LogP contribution in [0.3, 0.4) is 0 Å². The Balaban J connectivity index is 2.08. The molecule has 1 aliphatic carbocycles. The highest BCUT2D eigenvalue weighted by Crippen LogP contribution is 2.46. The lowest BCUT2D eigenvalue weighted by Crippen LogP contribution is -2.17. The van der Waals surface area contributed by atoms with Crippen LogP contribution < -0.4 is 0 Å². The molecule has 0 N–H and O–H groups in total. The van der Waals surface area contributed by atoms with E-state index in [1.165, 1.54) is 24.8 Å². The molecule has 2 rings (SSSR count). The first-order valence-corrected chi connectivity index (χ1v) is 6.62. The number of nitro groups is 1. The van der Waals surface area contributed by atoms with E-state index in [0.29, 0.717) is 11.3 Å². The fraction of sp³-hybridized carbons (Fsp3) is 0.600. The number of benzene rings is 1. The number of hydrogen-bond acceptors (Lipinski definition) is 2. The molecule has 0 saturated heterocycles. The molecule has 1 aliphatic rings. The number of non-ortho nitro benzene ring substituents is 1. The fourth-order valence-corrected chi connectivity index (χ4v) is 2.94. The van der Waals surface area contributed by atoms with Crippen molar-refractivity contribution < 1.29 is 4.92 Å². The van der Waals surface area contributed by atoms with Gasteiger partial charge in [0.05, 0.1) is 4.92 Å². The molecule has 0 aliphatic heterocycles. The maximum absolute atomic E-state index is 10.6. The summed E-state index contributed by atoms with van der Waals surface area (Å²) in [6.45, 7) is 6.90. The largest absolute Gasteiger partial charge is 0.269 e. The maximum atomic E-state index is 10.6. The summed E-state index contributed by atoms with van der Waals surface area (Å²) >= 11 is 0. The van der Waals surface area contributed by atoms with Gasteiger partial charge in [0.2, 0.25) is 0 Å². The minimum Gasteiger partial charge on any atom is -0.258 e. The van der Waals surface area contributed by atoms with Crippen LogP contribution in [0.5, 0.6) is 0 Å². The van der Waals surface area contributed by atoms with Gasteiger partial charge in [-0.15, -0.1) is 0 Å². The lowest BCUT2D eigenvalue weighted by molar-refractivity contribution is -0.384. The molecule has 3 heteroatoms. The van der Waals surface area contributed by atoms with E-state index in [1.54, 1.807) is 12.1 Å². The Bertz CT molecular complexity index is 431. The van der Waals surface area contributed by atoms with E-state index in [0.717, 1.165) is 5.92 Å². The summed E-state index contributed by atoms with van der Waals surface area (Å²) in [6, 6.07) is 7.10. The Labute approximate surface area is 108 Å². The Morgan fingerprint density at radius 3 is 2.22 bits per heavy atom. The SMILES string of the molecule is CC(C)(C)C1CCC(c2ccc([N+](=O)[O-])cc2)C1. The molecule has 1 aromatic carbocycles. The van der Waals surface area contributed by atoms with Crippen molar-refractivity contribution in [3.8, 4) is 0 Å². The first-order chi connectivity index (χ1) is 8.38. The van der Waals surface area contributed by atoms with Crippen molar-refractivity contribution in [2.75, 3.05) is 0 Å². The zero-order valence-corrected chi connectivity index (χ0v) is 11.3. The van der Waals surface area contributed by atoms with Crippen LogP contribution in [0, 0.1) is 21.4 Å². The van der Waals surface area contributed by atoms with Crippen molar-refractivity contribution in [3.05, 3.63) is 39.9 Å². The Kier molecular flexibility index (Phi) is 3.42. The molecule has 98 valence electrons. The highest BCUT2D eigenvalue weighted by Gasteiger charge is 2.33. The minimum atomic E-state index is -0.337. The fourth-order valence-electron chi connectivity index (χ4n) is 2.94. The molecule has 0 heterocycles. The standard InChI is InChI=1S/C15H21NO2/c1-15(2,3)13-7-4-12(10-13)11-5-8-14(9-6-11)16(17)18/h5-6,8-9,12-13H,4,7,10H2,1-3H3. The van der Waals surface area contributed by atoms with Crippen LogP contribution in [-0.2, 0) is 0 Å². The highest BCUT2D eigenvalue weighted by molar-refractivity contribution is 5.34. The number of nitro benzene ring substituents is 1. The summed E-state index contributed by atoms with van der Waals surface area (Å²) in [5.74, 6) is 1.34. The van der Waals surface area contributed by atoms with Gasteiger partial charge in [-0.05, 0) is 42.1 Å². The third-order valence-corrected chi connectivity index (χ3v) is 4.23. The molecule has 3 nitrogen and oxygen atoms in total. The minimum absolute atomic E-state index is 0.184. The van der Waals surface area contributed by atoms with Crippen LogP contribution >= 0.6 is 0 Å². The van der Waals surface area contributed by atoms with Crippen LogP contribution in [-0.4, -0.2) is 4.92 Å². The second-order valence-corrected chi connectivity index (χ2v) is 6.42. The third kappa shape index (κ3) is 2.71. The van der Waals surface area contributed by atoms with Gasteiger partial charge in [-0.1, -0.05) is 32.9 Å². The summed E-state index contributed by atoms with van der Waals surface area (Å²) in [7, 11) is 0. The predicted octanol–water partition coefficient (Wildman–Crippen LogP) is 4.52. The van der Waals surface area contributed by atoms with Crippen LogP contribution in [0.25, 0.3) is 0 Å². The molecular formula is C15H21NO2. The first kappa shape index (κ1) is 13.1. The smallest absolute Gasteiger partial charge is 0.258 e. The molecule has 1 fully saturated rings. The van der Waals surface area contributed by atoms with E-state index in [2.05, 4.69) is 20.8 Å². The average molecular weight is 247 g/mol. The van der Waals surface area contributed by atoms with E-state index in [1.807, 2.05) is 12.1 Å². The molecule has 0 aromatic heterocycles. The average Bonchev–Trinajstić information content (AvgIpc) is 2.78. The molecule has 0 bridgehead atoms. The molecule has 0 radical (unpaired) electrons. The van der Waals surface area contributed by atoms with Gasteiger partial charge in [0, 0.05) is 12.1 Å². The van der Waals surface area contributed by atoms with E-state index in [9.17, 15) is 10.1 Å². The third-order valence-electron chi connectivity index (χ3n) is 4.23. The van der Waals surface area contributed by atoms with E-state index in [4.69, 9.17) is 0 Å². The summed E-state index contributed by atoms with van der Waals surface area (Å²) < 4.78 is 0. The quantitative estimate of drug-likeness (QED) is 0.569. The van der Waals surface area contributed by atoms with Gasteiger partial charge in [0.1, 0.15) is 0 Å². The van der Waals surface area contributed by atoms with Crippen LogP contribution in [0.1, 0.15) is 51.5 Å². The topological polar surface area (TPSA) is 43.1 Å². The van der Waals surface area contributed by atoms with Gasteiger partial charge >= 0.3 is 0 Å². The van der Waals surface area contributed by atoms with Crippen molar-refractivity contribution >= 4 is 5.69 Å². The van der Waals surface area contributed by atoms with Crippen LogP contribution in [0.15, 0.2) is 24.3 Å². The van der Waals surface area contributed by atoms with Gasteiger partial charge < -0.3 is 0 Å². The number of hydrogen-bond donors (Lipinski definition) is 0. The summed E-state index contributed by atoms with van der Waals surface area (Å²) in [5.41, 5.74) is 1.81. The number of nitrogens with zero attached hydrogens (tertiary/aromatic N) is 1. The second kappa shape index (κ2) is 4.71. The Morgan fingerprint density at radius 1 is 1.17 bits per heavy atom. The van der Waals surface area contributed by atoms with Gasteiger partial charge in [-0.25, -0.2) is 0 Å². The van der Waals surface area contributed by atoms with Crippen molar-refractivity contribution in [1.82, 2.24) is 0 Å². The second-order valence-electron chi connectivity index (χ2n) is 6.42. The molecule has 0 amide bonds. The van der Waals surface area contributed by atoms with E-state index >= 15 is 0 Å². The highest BCUT2D eigenvalue weighted by atomic mass is 16.6. The van der Waals surface area contributed by atoms with Gasteiger partial charge in [-0.3, -0.25) is 10.1 Å². The van der Waals surface area contributed by atoms with Crippen molar-refractivity contribution in [3.63, 3.8) is 0 Å². The molecule has 2 atom stereocenters. The lowest BCUT2D eigenvalue weighted by atomic mass is 9.79. The monoisotopic (exact) mass is 247 g/mol. The summed E-state index contributed by atoms with van der Waals surface area (Å²) in [6.07, 6.45) is 3.69. The Morgan fingerprint density at radius 2 is 1.78 bits per heavy atom. The van der Waals surface area contributed by atoms with Crippen LogP contribution in [0.2, 0.25) is 0 Å². The molecule has 1 aromatic rings. The van der Waals surface area contributed by atoms with Crippen molar-refractivity contribution in [1.29, 1.82) is 0 Å². The van der Waals surface area contributed by atoms with E-state index < -0.39 is 0 Å².